The number of furan rings is 1. The smallest absolute Gasteiger partial charge is 0.294 e. The molecule has 0 saturated carbocycles. The van der Waals surface area contributed by atoms with E-state index in [1.54, 1.807) is 30.3 Å². The molecule has 2 aromatic carbocycles. The lowest BCUT2D eigenvalue weighted by Crippen LogP contribution is -2.36. The van der Waals surface area contributed by atoms with Gasteiger partial charge < -0.3 is 19.2 Å². The molecule has 1 aromatic heterocycles. The van der Waals surface area contributed by atoms with Crippen molar-refractivity contribution < 1.29 is 28.3 Å². The number of nitrogens with zero attached hydrogens (tertiary/aromatic N) is 1. The summed E-state index contributed by atoms with van der Waals surface area (Å²) in [6.07, 6.45) is 1.52. The Hall–Kier alpha value is -3.63. The highest BCUT2D eigenvalue weighted by Gasteiger charge is 2.36. The van der Waals surface area contributed by atoms with E-state index in [9.17, 15) is 14.4 Å². The first-order chi connectivity index (χ1) is 16.9. The maximum atomic E-state index is 12.8. The number of benzene rings is 2. The first-order valence-electron chi connectivity index (χ1n) is 10.7. The highest BCUT2D eigenvalue weighted by molar-refractivity contribution is 8.18. The molecule has 1 saturated heterocycles. The minimum Gasteiger partial charge on any atom is -0.486 e. The third-order valence-corrected chi connectivity index (χ3v) is 6.95. The molecule has 0 spiro atoms. The second kappa shape index (κ2) is 9.93. The van der Waals surface area contributed by atoms with Crippen molar-refractivity contribution in [3.8, 4) is 11.5 Å². The van der Waals surface area contributed by atoms with E-state index in [1.165, 1.54) is 23.4 Å². The van der Waals surface area contributed by atoms with E-state index in [-0.39, 0.29) is 4.91 Å². The predicted octanol–water partition coefficient (Wildman–Crippen LogP) is 5.19. The largest absolute Gasteiger partial charge is 0.486 e. The van der Waals surface area contributed by atoms with Crippen molar-refractivity contribution in [1.29, 1.82) is 0 Å². The Balaban J connectivity index is 1.21. The number of nitrogens with one attached hydrogen (secondary N) is 1. The molecular weight excluding hydrogens is 488 g/mol. The van der Waals surface area contributed by atoms with Crippen LogP contribution in [0.15, 0.2) is 73.9 Å². The highest BCUT2D eigenvalue weighted by Crippen LogP contribution is 2.35. The lowest BCUT2D eigenvalue weighted by Gasteiger charge is -2.19. The Morgan fingerprint density at radius 1 is 1.06 bits per heavy atom. The van der Waals surface area contributed by atoms with Gasteiger partial charge in [0.15, 0.2) is 16.6 Å². The minimum absolute atomic E-state index is 0.198. The molecule has 0 unspecified atom stereocenters. The number of aryl methyl sites for hydroxylation is 1. The number of ether oxygens (including phenoxy) is 2. The number of amides is 3. The van der Waals surface area contributed by atoms with E-state index in [1.807, 2.05) is 31.2 Å². The zero-order chi connectivity index (χ0) is 24.4. The first kappa shape index (κ1) is 23.1. The van der Waals surface area contributed by atoms with Crippen LogP contribution < -0.4 is 14.8 Å². The monoisotopic (exact) mass is 508 g/mol. The molecular formula is C25H20N2O6S2. The van der Waals surface area contributed by atoms with Crippen LogP contribution in [-0.4, -0.2) is 41.7 Å². The highest BCUT2D eigenvalue weighted by atomic mass is 32.2. The van der Waals surface area contributed by atoms with Crippen molar-refractivity contribution in [2.75, 3.05) is 25.1 Å². The molecule has 3 heterocycles. The van der Waals surface area contributed by atoms with Gasteiger partial charge in [0.25, 0.3) is 11.1 Å². The number of hydrogen-bond acceptors (Lipinski definition) is 8. The van der Waals surface area contributed by atoms with Crippen LogP contribution in [0.4, 0.5) is 10.5 Å². The van der Waals surface area contributed by atoms with Gasteiger partial charge in [-0.1, -0.05) is 29.5 Å². The zero-order valence-electron chi connectivity index (χ0n) is 18.6. The van der Waals surface area contributed by atoms with E-state index < -0.39 is 23.6 Å². The lowest BCUT2D eigenvalue weighted by atomic mass is 10.2. The maximum Gasteiger partial charge on any atom is 0.294 e. The second-order valence-electron chi connectivity index (χ2n) is 7.75. The number of anilines is 1. The van der Waals surface area contributed by atoms with Crippen molar-refractivity contribution in [3.63, 3.8) is 0 Å². The molecule has 3 aromatic rings. The summed E-state index contributed by atoms with van der Waals surface area (Å²) in [5, 5.41) is 2.83. The van der Waals surface area contributed by atoms with Crippen LogP contribution in [0, 0.1) is 6.92 Å². The number of imide groups is 1. The molecule has 2 aliphatic heterocycles. The standard InChI is InChI=1S/C25H20N2O6S2/c1-15-2-6-18(7-3-15)34-23-9-5-17(33-23)13-21-24(29)27(25(30)35-21)14-22(28)26-16-4-8-19-20(12-16)32-11-10-31-19/h2-9,12-13H,10-11,14H2,1H3,(H,26,28)/b21-13-. The van der Waals surface area contributed by atoms with Crippen molar-refractivity contribution in [2.24, 2.45) is 0 Å². The number of rotatable bonds is 6. The molecule has 2 aliphatic rings. The van der Waals surface area contributed by atoms with Crippen LogP contribution in [-0.2, 0) is 9.59 Å². The van der Waals surface area contributed by atoms with Crippen LogP contribution in [0.25, 0.3) is 6.08 Å². The molecule has 3 amide bonds. The molecule has 0 bridgehead atoms. The van der Waals surface area contributed by atoms with Crippen molar-refractivity contribution in [1.82, 2.24) is 4.90 Å². The molecule has 0 atom stereocenters. The summed E-state index contributed by atoms with van der Waals surface area (Å²) in [6.45, 7) is 2.52. The van der Waals surface area contributed by atoms with Crippen LogP contribution in [0.1, 0.15) is 11.3 Å². The fourth-order valence-electron chi connectivity index (χ4n) is 3.42. The minimum atomic E-state index is -0.540. The van der Waals surface area contributed by atoms with Gasteiger partial charge in [-0.3, -0.25) is 19.3 Å². The Morgan fingerprint density at radius 3 is 2.63 bits per heavy atom. The topological polar surface area (TPSA) is 98.1 Å². The van der Waals surface area contributed by atoms with Gasteiger partial charge in [0, 0.05) is 22.7 Å². The van der Waals surface area contributed by atoms with Gasteiger partial charge in [0.1, 0.15) is 25.5 Å². The van der Waals surface area contributed by atoms with Crippen molar-refractivity contribution in [2.45, 2.75) is 16.9 Å². The van der Waals surface area contributed by atoms with Crippen molar-refractivity contribution in [3.05, 3.63) is 70.8 Å². The Morgan fingerprint density at radius 2 is 1.83 bits per heavy atom. The third kappa shape index (κ3) is 5.39. The number of carbonyl (C=O) groups excluding carboxylic acids is 3. The van der Waals surface area contributed by atoms with Gasteiger partial charge in [0.05, 0.1) is 4.91 Å². The summed E-state index contributed by atoms with van der Waals surface area (Å²) in [4.78, 5) is 39.8. The van der Waals surface area contributed by atoms with Crippen LogP contribution in [0.3, 0.4) is 0 Å². The quantitative estimate of drug-likeness (QED) is 0.455. The maximum absolute atomic E-state index is 12.8. The Labute approximate surface area is 209 Å². The van der Waals surface area contributed by atoms with Crippen molar-refractivity contribution >= 4 is 52.3 Å². The average Bonchev–Trinajstić information content (AvgIpc) is 3.39. The van der Waals surface area contributed by atoms with Crippen LogP contribution in [0.5, 0.6) is 11.5 Å². The molecule has 5 rings (SSSR count). The van der Waals surface area contributed by atoms with E-state index in [2.05, 4.69) is 5.32 Å². The van der Waals surface area contributed by atoms with E-state index in [0.29, 0.717) is 41.3 Å². The fourth-order valence-corrected chi connectivity index (χ4v) is 5.02. The lowest BCUT2D eigenvalue weighted by molar-refractivity contribution is -0.127. The molecule has 178 valence electrons. The summed E-state index contributed by atoms with van der Waals surface area (Å²) < 4.78 is 16.8. The van der Waals surface area contributed by atoms with Gasteiger partial charge in [-0.05, 0) is 55.1 Å². The Kier molecular flexibility index (Phi) is 6.56. The van der Waals surface area contributed by atoms with Gasteiger partial charge >= 0.3 is 0 Å². The molecule has 10 heteroatoms. The van der Waals surface area contributed by atoms with Gasteiger partial charge in [-0.2, -0.15) is 0 Å². The van der Waals surface area contributed by atoms with Gasteiger partial charge in [-0.15, -0.1) is 0 Å². The number of thioether (sulfide) groups is 1. The molecule has 1 N–H and O–H groups in total. The predicted molar refractivity (Wildman–Crippen MR) is 133 cm³/mol. The molecule has 1 fully saturated rings. The second-order valence-corrected chi connectivity index (χ2v) is 9.82. The summed E-state index contributed by atoms with van der Waals surface area (Å²) in [5.41, 5.74) is 1.65. The summed E-state index contributed by atoms with van der Waals surface area (Å²) >= 11 is 2.23. The van der Waals surface area contributed by atoms with Crippen LogP contribution in [0.2, 0.25) is 0 Å². The fraction of sp³-hybridized carbons (Fsp3) is 0.160. The first-order valence-corrected chi connectivity index (χ1v) is 12.4. The molecule has 0 aliphatic carbocycles. The normalized spacial score (nSPS) is 16.1. The molecule has 8 nitrogen and oxygen atoms in total. The van der Waals surface area contributed by atoms with Gasteiger partial charge in [0.2, 0.25) is 5.91 Å². The third-order valence-electron chi connectivity index (χ3n) is 5.12. The summed E-state index contributed by atoms with van der Waals surface area (Å²) in [7, 11) is 0. The number of carbonyl (C=O) groups is 3. The van der Waals surface area contributed by atoms with E-state index >= 15 is 0 Å². The zero-order valence-corrected chi connectivity index (χ0v) is 20.2. The SMILES string of the molecule is Cc1ccc(Sc2ccc(/C=C3\SC(=O)N(CC(=O)Nc4ccc5c(c4)OCCO5)C3=O)o2)cc1. The number of fused-ring (bicyclic) bond motifs is 1. The summed E-state index contributed by atoms with van der Waals surface area (Å²) in [6, 6.07) is 16.6. The van der Waals surface area contributed by atoms with E-state index in [4.69, 9.17) is 13.9 Å². The Bertz CT molecular complexity index is 1330. The molecule has 0 radical (unpaired) electrons. The van der Waals surface area contributed by atoms with Gasteiger partial charge in [-0.25, -0.2) is 0 Å². The number of hydrogen-bond donors (Lipinski definition) is 1. The summed E-state index contributed by atoms with van der Waals surface area (Å²) in [5.74, 6) is 0.539. The average molecular weight is 509 g/mol. The van der Waals surface area contributed by atoms with E-state index in [0.717, 1.165) is 21.6 Å². The molecule has 35 heavy (non-hydrogen) atoms. The van der Waals surface area contributed by atoms with Crippen LogP contribution >= 0.6 is 23.5 Å².